The fourth-order valence-corrected chi connectivity index (χ4v) is 35.3. The maximum atomic E-state index is 6.59. The summed E-state index contributed by atoms with van der Waals surface area (Å²) in [5.74, 6) is 5.42. The van der Waals surface area contributed by atoms with Gasteiger partial charge in [-0.2, -0.15) is 0 Å². The monoisotopic (exact) mass is 1020 g/mol. The zero-order chi connectivity index (χ0) is 42.1. The summed E-state index contributed by atoms with van der Waals surface area (Å²) in [5.41, 5.74) is -0.290. The van der Waals surface area contributed by atoms with Gasteiger partial charge in [-0.25, -0.2) is 17.5 Å². The molecule has 0 aromatic rings. The van der Waals surface area contributed by atoms with Crippen molar-refractivity contribution in [3.63, 3.8) is 0 Å². The minimum Gasteiger partial charge on any atom is -0.726 e. The maximum Gasteiger partial charge on any atom is 4.00 e. The number of unbranched alkanes of at least 4 members (excludes halogenated alkanes) is 10. The molecule has 0 aromatic carbocycles. The summed E-state index contributed by atoms with van der Waals surface area (Å²) >= 11 is 12.5. The average molecular weight is 1020 g/mol. The van der Waals surface area contributed by atoms with Gasteiger partial charge in [0.25, 0.3) is 0 Å². The van der Waals surface area contributed by atoms with Crippen LogP contribution in [0.25, 0.3) is 0 Å². The van der Waals surface area contributed by atoms with Gasteiger partial charge in [-0.15, -0.1) is 0 Å². The Hall–Kier alpha value is 2.44. The van der Waals surface area contributed by atoms with Gasteiger partial charge >= 0.3 is 42.1 Å². The molecule has 55 heavy (non-hydrogen) atoms. The second-order valence-electron chi connectivity index (χ2n) is 21.2. The summed E-state index contributed by atoms with van der Waals surface area (Å²) in [4.78, 5) is 0. The van der Waals surface area contributed by atoms with Gasteiger partial charge in [-0.05, 0) is 94.9 Å². The molecule has 0 rings (SSSR count). The molecular formula is C47H100Mo2O2S4+6. The van der Waals surface area contributed by atoms with Crippen molar-refractivity contribution in [1.82, 2.24) is 0 Å². The average Bonchev–Trinajstić information content (AvgIpc) is 2.97. The van der Waals surface area contributed by atoms with Crippen molar-refractivity contribution in [1.29, 1.82) is 0 Å². The van der Waals surface area contributed by atoms with E-state index >= 15 is 0 Å². The van der Waals surface area contributed by atoms with E-state index in [2.05, 4.69) is 138 Å². The smallest absolute Gasteiger partial charge is 0.726 e. The summed E-state index contributed by atoms with van der Waals surface area (Å²) in [6, 6.07) is 0. The van der Waals surface area contributed by atoms with Gasteiger partial charge in [0.05, 0.1) is 12.2 Å². The van der Waals surface area contributed by atoms with Crippen LogP contribution in [-0.2, 0) is 76.9 Å². The van der Waals surface area contributed by atoms with Crippen molar-refractivity contribution in [3.8, 4) is 0 Å². The Kier molecular flexibility index (Phi) is 31.2. The summed E-state index contributed by atoms with van der Waals surface area (Å²) in [5, 5.41) is 0. The van der Waals surface area contributed by atoms with Crippen LogP contribution < -0.4 is 0 Å². The Morgan fingerprint density at radius 1 is 0.400 bits per heavy atom. The molecule has 0 N–H and O–H groups in total. The Morgan fingerprint density at radius 2 is 0.655 bits per heavy atom. The molecule has 0 aliphatic heterocycles. The molecule has 0 spiro atoms. The zero-order valence-corrected chi connectivity index (χ0v) is 48.2. The standard InChI is InChI=1S/C26H56OS2.C21H46OS2.2Mo/c1-6-11-16-21-27-26(28)29(22-17-12-7-2,23-18-13-8-3,24-19-14-9-4)25-20-15-10-5;1-17(2,3)22-16(23)24(18(4,5)6,19(7,8)9,20(10,11)12)21(13,14)15;;/h28H,6-25H2,1-5H3;23H,1-15H3;;/q;;2*+4/p-2. The molecule has 0 fully saturated rings. The molecule has 0 aromatic heterocycles. The SMILES string of the molecule is CC(C)(C)OC([S-])=S(C(C)(C)C)(C(C)(C)C)(C(C)(C)C)C(C)(C)C.CCCCCOC([S-])=S(CCCCC)(CCCCC)(CCCCC)CCCCC.[Mo+4].[Mo+4]. The normalized spacial score (nSPS) is 14.7. The number of hydrogen-bond acceptors (Lipinski definition) is 4. The molecule has 0 unspecified atom stereocenters. The summed E-state index contributed by atoms with van der Waals surface area (Å²) in [7, 11) is -4.35. The van der Waals surface area contributed by atoms with Crippen LogP contribution in [0.2, 0.25) is 0 Å². The van der Waals surface area contributed by atoms with Gasteiger partial charge in [-0.1, -0.05) is 191 Å². The van der Waals surface area contributed by atoms with Gasteiger partial charge in [0.2, 0.25) is 0 Å². The van der Waals surface area contributed by atoms with Gasteiger partial charge < -0.3 is 34.7 Å². The Morgan fingerprint density at radius 3 is 0.873 bits per heavy atom. The third-order valence-corrected chi connectivity index (χ3v) is 31.9. The van der Waals surface area contributed by atoms with Crippen LogP contribution in [0.5, 0.6) is 0 Å². The van der Waals surface area contributed by atoms with E-state index in [0.29, 0.717) is 0 Å². The Bertz CT molecular complexity index is 1030. The van der Waals surface area contributed by atoms with Gasteiger partial charge in [0.15, 0.2) is 0 Å². The topological polar surface area (TPSA) is 18.5 Å². The molecule has 0 saturated heterocycles. The van der Waals surface area contributed by atoms with Crippen LogP contribution in [-0.4, -0.2) is 63.0 Å². The first kappa shape index (κ1) is 64.1. The van der Waals surface area contributed by atoms with E-state index in [4.69, 9.17) is 34.7 Å². The second kappa shape index (κ2) is 26.8. The largest absolute Gasteiger partial charge is 4.00 e. The Balaban J connectivity index is -0.000000464. The van der Waals surface area contributed by atoms with Crippen LogP contribution in [0.3, 0.4) is 0 Å². The molecule has 8 heteroatoms. The molecule has 0 amide bonds. The quantitative estimate of drug-likeness (QED) is 0.0523. The summed E-state index contributed by atoms with van der Waals surface area (Å²) < 4.78 is 15.1. The predicted octanol–water partition coefficient (Wildman–Crippen LogP) is 15.9. The van der Waals surface area contributed by atoms with E-state index in [9.17, 15) is 0 Å². The third-order valence-electron chi connectivity index (χ3n) is 12.2. The van der Waals surface area contributed by atoms with E-state index in [-0.39, 0.29) is 66.7 Å². The first-order chi connectivity index (χ1) is 24.0. The van der Waals surface area contributed by atoms with Crippen LogP contribution in [0.4, 0.5) is 0 Å². The summed E-state index contributed by atoms with van der Waals surface area (Å²) in [6.07, 6.45) is 19.6. The van der Waals surface area contributed by atoms with Crippen molar-refractivity contribution in [2.45, 2.75) is 259 Å². The molecule has 0 aliphatic rings. The Labute approximate surface area is 388 Å². The van der Waals surface area contributed by atoms with Gasteiger partial charge in [0.1, 0.15) is 0 Å². The van der Waals surface area contributed by atoms with Crippen molar-refractivity contribution in [3.05, 3.63) is 0 Å². The molecule has 0 bridgehead atoms. The zero-order valence-electron chi connectivity index (χ0n) is 40.9. The molecule has 330 valence electrons. The molecule has 0 radical (unpaired) electrons. The van der Waals surface area contributed by atoms with Crippen LogP contribution in [0.15, 0.2) is 0 Å². The molecule has 0 heterocycles. The van der Waals surface area contributed by atoms with E-state index in [0.717, 1.165) is 21.8 Å². The molecule has 0 aliphatic carbocycles. The van der Waals surface area contributed by atoms with E-state index in [1.807, 2.05) is 0 Å². The van der Waals surface area contributed by atoms with Crippen molar-refractivity contribution in [2.75, 3.05) is 29.6 Å². The van der Waals surface area contributed by atoms with E-state index in [1.165, 1.54) is 113 Å². The van der Waals surface area contributed by atoms with Gasteiger partial charge in [-0.3, -0.25) is 0 Å². The fourth-order valence-electron chi connectivity index (χ4n) is 11.4. The predicted molar refractivity (Wildman–Crippen MR) is 263 cm³/mol. The number of rotatable bonds is 20. The van der Waals surface area contributed by atoms with Crippen LogP contribution >= 0.6 is 17.5 Å². The number of ether oxygens (including phenoxy) is 2. The van der Waals surface area contributed by atoms with Crippen molar-refractivity contribution < 1.29 is 51.6 Å². The van der Waals surface area contributed by atoms with Crippen molar-refractivity contribution >= 4 is 51.5 Å². The van der Waals surface area contributed by atoms with Crippen molar-refractivity contribution in [2.24, 2.45) is 0 Å². The van der Waals surface area contributed by atoms with Crippen LogP contribution in [0, 0.1) is 0 Å². The summed E-state index contributed by atoms with van der Waals surface area (Å²) in [6.45, 7) is 47.4. The molecule has 0 saturated carbocycles. The molecule has 0 atom stereocenters. The minimum absolute atomic E-state index is 0. The number of hydrogen-bond donors (Lipinski definition) is 0. The minimum atomic E-state index is -2.52. The molecular weight excluding hydrogens is 917 g/mol. The second-order valence-corrected chi connectivity index (χ2v) is 35.4. The maximum absolute atomic E-state index is 6.59. The van der Waals surface area contributed by atoms with E-state index < -0.39 is 17.5 Å². The third kappa shape index (κ3) is 15.0. The van der Waals surface area contributed by atoms with Crippen LogP contribution in [0.1, 0.15) is 235 Å². The van der Waals surface area contributed by atoms with Gasteiger partial charge in [0, 0.05) is 0 Å². The fraction of sp³-hybridized carbons (Fsp3) is 0.957. The first-order valence-electron chi connectivity index (χ1n) is 22.2. The first-order valence-corrected chi connectivity index (χ1v) is 27.8. The molecule has 2 nitrogen and oxygen atoms in total. The van der Waals surface area contributed by atoms with E-state index in [1.54, 1.807) is 0 Å².